The van der Waals surface area contributed by atoms with E-state index in [0.29, 0.717) is 18.2 Å². The van der Waals surface area contributed by atoms with Crippen LogP contribution in [0.25, 0.3) is 0 Å². The average Bonchev–Trinajstić information content (AvgIpc) is 2.38. The van der Waals surface area contributed by atoms with E-state index >= 15 is 0 Å². The molecule has 0 aliphatic rings. The van der Waals surface area contributed by atoms with Gasteiger partial charge in [0, 0.05) is 38.1 Å². The lowest BCUT2D eigenvalue weighted by atomic mass is 10.2. The zero-order chi connectivity index (χ0) is 13.5. The number of carbonyl (C=O) groups excluding carboxylic acids is 1. The largest absolute Gasteiger partial charge is 0.396 e. The lowest BCUT2D eigenvalue weighted by molar-refractivity contribution is 0.0958. The fourth-order valence-electron chi connectivity index (χ4n) is 1.78. The van der Waals surface area contributed by atoms with Crippen molar-refractivity contribution in [1.29, 1.82) is 0 Å². The molecular weight excluding hydrogens is 230 g/mol. The van der Waals surface area contributed by atoms with Gasteiger partial charge in [-0.15, -0.1) is 0 Å². The van der Waals surface area contributed by atoms with Crippen LogP contribution in [-0.2, 0) is 0 Å². The Balaban J connectivity index is 2.94. The fourth-order valence-corrected chi connectivity index (χ4v) is 1.78. The molecule has 18 heavy (non-hydrogen) atoms. The van der Waals surface area contributed by atoms with Gasteiger partial charge in [0.05, 0.1) is 0 Å². The zero-order valence-electron chi connectivity index (χ0n) is 11.2. The summed E-state index contributed by atoms with van der Waals surface area (Å²) in [6.45, 7) is 5.08. The maximum Gasteiger partial charge on any atom is 0.269 e. The molecule has 0 aliphatic carbocycles. The number of nitrogens with zero attached hydrogens (tertiary/aromatic N) is 2. The summed E-state index contributed by atoms with van der Waals surface area (Å²) in [6.07, 6.45) is 2.34. The van der Waals surface area contributed by atoms with Crippen LogP contribution in [0.3, 0.4) is 0 Å². The maximum atomic E-state index is 11.5. The number of amides is 1. The van der Waals surface area contributed by atoms with Crippen LogP contribution in [0.2, 0.25) is 0 Å². The van der Waals surface area contributed by atoms with Crippen molar-refractivity contribution >= 4 is 11.6 Å². The minimum absolute atomic E-state index is 0.163. The number of pyridine rings is 1. The van der Waals surface area contributed by atoms with Crippen molar-refractivity contribution in [2.75, 3.05) is 25.1 Å². The van der Waals surface area contributed by atoms with Crippen LogP contribution in [0, 0.1) is 0 Å². The topological polar surface area (TPSA) is 65.5 Å². The van der Waals surface area contributed by atoms with Gasteiger partial charge in [-0.1, -0.05) is 0 Å². The molecule has 1 aromatic rings. The Hall–Kier alpha value is -1.62. The molecule has 2 N–H and O–H groups in total. The van der Waals surface area contributed by atoms with Gasteiger partial charge in [-0.05, 0) is 32.4 Å². The summed E-state index contributed by atoms with van der Waals surface area (Å²) in [5.41, 5.74) is 1.36. The molecule has 1 rings (SSSR count). The number of hydrogen-bond donors (Lipinski definition) is 2. The molecular formula is C13H21N3O2. The third-order valence-electron chi connectivity index (χ3n) is 2.72. The zero-order valence-corrected chi connectivity index (χ0v) is 11.2. The van der Waals surface area contributed by atoms with Gasteiger partial charge in [0.1, 0.15) is 5.69 Å². The molecule has 0 saturated heterocycles. The molecule has 0 aliphatic heterocycles. The van der Waals surface area contributed by atoms with E-state index in [1.165, 1.54) is 0 Å². The molecule has 5 nitrogen and oxygen atoms in total. The van der Waals surface area contributed by atoms with E-state index in [1.54, 1.807) is 19.3 Å². The van der Waals surface area contributed by atoms with Gasteiger partial charge in [-0.25, -0.2) is 0 Å². The number of aromatic nitrogens is 1. The maximum absolute atomic E-state index is 11.5. The molecule has 0 radical (unpaired) electrons. The molecule has 100 valence electrons. The summed E-state index contributed by atoms with van der Waals surface area (Å²) < 4.78 is 0. The van der Waals surface area contributed by atoms with Crippen LogP contribution in [0.5, 0.6) is 0 Å². The third-order valence-corrected chi connectivity index (χ3v) is 2.72. The van der Waals surface area contributed by atoms with Crippen LogP contribution < -0.4 is 10.2 Å². The standard InChI is InChI=1S/C13H21N3O2/c1-10(2)16(7-4-8-17)11-5-6-15-12(9-11)13(18)14-3/h5-6,9-10,17H,4,7-8H2,1-3H3,(H,14,18). The normalized spacial score (nSPS) is 10.5. The smallest absolute Gasteiger partial charge is 0.269 e. The Morgan fingerprint density at radius 2 is 2.28 bits per heavy atom. The van der Waals surface area contributed by atoms with Crippen LogP contribution in [0.1, 0.15) is 30.8 Å². The van der Waals surface area contributed by atoms with Gasteiger partial charge in [0.15, 0.2) is 0 Å². The van der Waals surface area contributed by atoms with E-state index < -0.39 is 0 Å². The van der Waals surface area contributed by atoms with Crippen LogP contribution in [-0.4, -0.2) is 42.2 Å². The Morgan fingerprint density at radius 1 is 1.56 bits per heavy atom. The van der Waals surface area contributed by atoms with Crippen molar-refractivity contribution in [3.05, 3.63) is 24.0 Å². The highest BCUT2D eigenvalue weighted by Crippen LogP contribution is 2.17. The van der Waals surface area contributed by atoms with Crippen molar-refractivity contribution in [3.8, 4) is 0 Å². The predicted octanol–water partition coefficient (Wildman–Crippen LogP) is 1.04. The Morgan fingerprint density at radius 3 is 2.83 bits per heavy atom. The molecule has 0 aromatic carbocycles. The highest BCUT2D eigenvalue weighted by Gasteiger charge is 2.13. The van der Waals surface area contributed by atoms with E-state index in [-0.39, 0.29) is 12.5 Å². The van der Waals surface area contributed by atoms with Crippen molar-refractivity contribution in [3.63, 3.8) is 0 Å². The molecule has 0 bridgehead atoms. The van der Waals surface area contributed by atoms with E-state index in [0.717, 1.165) is 12.2 Å². The van der Waals surface area contributed by atoms with Crippen LogP contribution in [0.15, 0.2) is 18.3 Å². The number of rotatable bonds is 6. The SMILES string of the molecule is CNC(=O)c1cc(N(CCCO)C(C)C)ccn1. The number of nitrogens with one attached hydrogen (secondary N) is 1. The molecule has 1 amide bonds. The van der Waals surface area contributed by atoms with E-state index in [2.05, 4.69) is 29.0 Å². The number of aliphatic hydroxyl groups excluding tert-OH is 1. The first-order valence-corrected chi connectivity index (χ1v) is 6.15. The highest BCUT2D eigenvalue weighted by molar-refractivity contribution is 5.92. The third kappa shape index (κ3) is 3.70. The second-order valence-corrected chi connectivity index (χ2v) is 4.34. The van der Waals surface area contributed by atoms with E-state index in [4.69, 9.17) is 5.11 Å². The van der Waals surface area contributed by atoms with Crippen molar-refractivity contribution in [1.82, 2.24) is 10.3 Å². The van der Waals surface area contributed by atoms with E-state index in [9.17, 15) is 4.79 Å². The van der Waals surface area contributed by atoms with Crippen molar-refractivity contribution < 1.29 is 9.90 Å². The van der Waals surface area contributed by atoms with Crippen molar-refractivity contribution in [2.24, 2.45) is 0 Å². The molecule has 0 unspecified atom stereocenters. The molecule has 1 heterocycles. The summed E-state index contributed by atoms with van der Waals surface area (Å²) >= 11 is 0. The average molecular weight is 251 g/mol. The second kappa shape index (κ2) is 6.96. The van der Waals surface area contributed by atoms with E-state index in [1.807, 2.05) is 6.07 Å². The lowest BCUT2D eigenvalue weighted by Crippen LogP contribution is -2.32. The molecule has 0 spiro atoms. The highest BCUT2D eigenvalue weighted by atomic mass is 16.3. The van der Waals surface area contributed by atoms with Gasteiger partial charge in [-0.2, -0.15) is 0 Å². The van der Waals surface area contributed by atoms with Gasteiger partial charge in [-0.3, -0.25) is 9.78 Å². The number of carbonyl (C=O) groups is 1. The fraction of sp³-hybridized carbons (Fsp3) is 0.538. The molecule has 5 heteroatoms. The first-order valence-electron chi connectivity index (χ1n) is 6.15. The molecule has 0 saturated carbocycles. The Bertz CT molecular complexity index is 394. The Kier molecular flexibility index (Phi) is 5.58. The van der Waals surface area contributed by atoms with Gasteiger partial charge < -0.3 is 15.3 Å². The van der Waals surface area contributed by atoms with Gasteiger partial charge >= 0.3 is 0 Å². The second-order valence-electron chi connectivity index (χ2n) is 4.34. The summed E-state index contributed by atoms with van der Waals surface area (Å²) in [4.78, 5) is 17.7. The molecule has 0 atom stereocenters. The first-order chi connectivity index (χ1) is 8.60. The van der Waals surface area contributed by atoms with Crippen LogP contribution in [0.4, 0.5) is 5.69 Å². The number of aliphatic hydroxyl groups is 1. The summed E-state index contributed by atoms with van der Waals surface area (Å²) in [6, 6.07) is 3.96. The van der Waals surface area contributed by atoms with Gasteiger partial charge in [0.25, 0.3) is 5.91 Å². The minimum atomic E-state index is -0.192. The quantitative estimate of drug-likeness (QED) is 0.793. The van der Waals surface area contributed by atoms with Crippen molar-refractivity contribution in [2.45, 2.75) is 26.3 Å². The lowest BCUT2D eigenvalue weighted by Gasteiger charge is -2.29. The predicted molar refractivity (Wildman–Crippen MR) is 71.8 cm³/mol. The molecule has 1 aromatic heterocycles. The number of hydrogen-bond acceptors (Lipinski definition) is 4. The first kappa shape index (κ1) is 14.4. The monoisotopic (exact) mass is 251 g/mol. The summed E-state index contributed by atoms with van der Waals surface area (Å²) in [5, 5.41) is 11.5. The Labute approximate surface area is 108 Å². The summed E-state index contributed by atoms with van der Waals surface area (Å²) in [5.74, 6) is -0.192. The van der Waals surface area contributed by atoms with Gasteiger partial charge in [0.2, 0.25) is 0 Å². The summed E-state index contributed by atoms with van der Waals surface area (Å²) in [7, 11) is 1.59. The number of anilines is 1. The molecule has 0 fully saturated rings. The van der Waals surface area contributed by atoms with Crippen LogP contribution >= 0.6 is 0 Å². The minimum Gasteiger partial charge on any atom is -0.396 e.